The zero-order chi connectivity index (χ0) is 27.7. The second kappa shape index (κ2) is 10.7. The molecule has 0 unspecified atom stereocenters. The number of pyridine rings is 2. The highest BCUT2D eigenvalue weighted by molar-refractivity contribution is 6.02. The molecule has 2 aliphatic heterocycles. The Bertz CT molecular complexity index is 1520. The number of benzene rings is 1. The molecule has 0 atom stereocenters. The van der Waals surface area contributed by atoms with E-state index in [0.29, 0.717) is 46.6 Å². The summed E-state index contributed by atoms with van der Waals surface area (Å²) in [4.78, 5) is 28.6. The van der Waals surface area contributed by atoms with Crippen molar-refractivity contribution in [2.24, 2.45) is 7.05 Å². The van der Waals surface area contributed by atoms with Gasteiger partial charge in [-0.1, -0.05) is 19.1 Å². The molecule has 0 amide bonds. The Morgan fingerprint density at radius 1 is 1.07 bits per heavy atom. The maximum atomic E-state index is 12.8. The summed E-state index contributed by atoms with van der Waals surface area (Å²) in [5.41, 5.74) is 3.78. The third-order valence-corrected chi connectivity index (χ3v) is 7.33. The number of methoxy groups -OCH3 is 1. The maximum Gasteiger partial charge on any atom is 0.184 e. The van der Waals surface area contributed by atoms with Crippen LogP contribution in [0, 0.1) is 0 Å². The van der Waals surface area contributed by atoms with E-state index in [0.717, 1.165) is 43.8 Å². The van der Waals surface area contributed by atoms with E-state index < -0.39 is 0 Å². The first-order valence-electron chi connectivity index (χ1n) is 13.4. The molecule has 1 aromatic carbocycles. The first-order chi connectivity index (χ1) is 19.4. The Labute approximate surface area is 232 Å². The fraction of sp³-hybridized carbons (Fsp3) is 0.345. The summed E-state index contributed by atoms with van der Waals surface area (Å²) in [7, 11) is 3.41. The highest BCUT2D eigenvalue weighted by atomic mass is 16.5. The number of hydrogen-bond acceptors (Lipinski definition) is 10. The molecule has 0 saturated carbocycles. The fourth-order valence-corrected chi connectivity index (χ4v) is 5.18. The number of nitrogens with zero attached hydrogens (tertiary/aromatic N) is 6. The zero-order valence-electron chi connectivity index (χ0n) is 22.8. The molecule has 11 nitrogen and oxygen atoms in total. The van der Waals surface area contributed by atoms with Crippen molar-refractivity contribution < 1.29 is 14.3 Å². The molecule has 2 fully saturated rings. The van der Waals surface area contributed by atoms with Crippen LogP contribution in [0.3, 0.4) is 0 Å². The van der Waals surface area contributed by atoms with Crippen molar-refractivity contribution in [3.8, 4) is 17.1 Å². The van der Waals surface area contributed by atoms with Gasteiger partial charge in [-0.05, 0) is 23.8 Å². The smallest absolute Gasteiger partial charge is 0.184 e. The van der Waals surface area contributed by atoms with Gasteiger partial charge in [-0.15, -0.1) is 0 Å². The number of likely N-dealkylation sites (tertiary alicyclic amines) is 1. The molecule has 0 radical (unpaired) electrons. The van der Waals surface area contributed by atoms with Crippen LogP contribution >= 0.6 is 0 Å². The number of ketones is 1. The number of para-hydroxylation sites is 1. The van der Waals surface area contributed by atoms with Crippen molar-refractivity contribution in [1.29, 1.82) is 0 Å². The molecule has 5 heterocycles. The third-order valence-electron chi connectivity index (χ3n) is 7.33. The van der Waals surface area contributed by atoms with E-state index >= 15 is 0 Å². The summed E-state index contributed by atoms with van der Waals surface area (Å²) in [5.74, 6) is 2.32. The lowest BCUT2D eigenvalue weighted by atomic mass is 9.86. The molecule has 1 spiro atoms. The minimum absolute atomic E-state index is 0.0226. The van der Waals surface area contributed by atoms with Crippen LogP contribution in [-0.4, -0.2) is 67.8 Å². The first kappa shape index (κ1) is 25.9. The van der Waals surface area contributed by atoms with Gasteiger partial charge in [0.15, 0.2) is 17.4 Å². The van der Waals surface area contributed by atoms with E-state index in [1.165, 1.54) is 0 Å². The Morgan fingerprint density at radius 2 is 1.90 bits per heavy atom. The van der Waals surface area contributed by atoms with Gasteiger partial charge in [0, 0.05) is 58.0 Å². The van der Waals surface area contributed by atoms with Gasteiger partial charge in [-0.2, -0.15) is 5.10 Å². The standard InChI is InChI=1S/C29H32N8O3/c1-4-24(38)21-14-31-26(34-25-9-8-19(13-30-25)15-37-16-29(17-37)10-11-40-29)12-23(21)33-22-7-5-6-20(27(22)39-3)28-32-18-36(2)35-28/h5-9,12-14,18H,4,10-11,15-17H2,1-3H3,(H2,30,31,33,34). The van der Waals surface area contributed by atoms with Crippen molar-refractivity contribution in [3.05, 3.63) is 66.2 Å². The highest BCUT2D eigenvalue weighted by Gasteiger charge is 2.48. The Morgan fingerprint density at radius 3 is 2.55 bits per heavy atom. The summed E-state index contributed by atoms with van der Waals surface area (Å²) in [6.45, 7) is 5.55. The SMILES string of the molecule is CCC(=O)c1cnc(Nc2ccc(CN3CC4(CCO4)C3)cn2)cc1Nc1cccc(-c2ncn(C)n2)c1OC. The molecule has 3 aromatic heterocycles. The van der Waals surface area contributed by atoms with Crippen LogP contribution < -0.4 is 15.4 Å². The summed E-state index contributed by atoms with van der Waals surface area (Å²) in [6.07, 6.45) is 6.62. The minimum atomic E-state index is -0.0226. The first-order valence-corrected chi connectivity index (χ1v) is 13.4. The molecule has 2 aliphatic rings. The van der Waals surface area contributed by atoms with Gasteiger partial charge in [0.1, 0.15) is 18.0 Å². The number of carbonyl (C=O) groups is 1. The van der Waals surface area contributed by atoms with Crippen LogP contribution in [0.4, 0.5) is 23.0 Å². The lowest BCUT2D eigenvalue weighted by Crippen LogP contribution is -2.67. The quantitative estimate of drug-likeness (QED) is 0.281. The van der Waals surface area contributed by atoms with Crippen LogP contribution in [-0.2, 0) is 18.3 Å². The molecule has 0 bridgehead atoms. The molecular formula is C29H32N8O3. The van der Waals surface area contributed by atoms with E-state index in [-0.39, 0.29) is 11.4 Å². The van der Waals surface area contributed by atoms with Crippen molar-refractivity contribution in [2.75, 3.05) is 37.4 Å². The molecule has 40 heavy (non-hydrogen) atoms. The van der Waals surface area contributed by atoms with Gasteiger partial charge in [-0.3, -0.25) is 14.4 Å². The second-order valence-electron chi connectivity index (χ2n) is 10.2. The number of Topliss-reactive ketones (excluding diaryl/α,β-unsaturated/α-hetero) is 1. The number of aromatic nitrogens is 5. The Kier molecular flexibility index (Phi) is 6.91. The van der Waals surface area contributed by atoms with Crippen LogP contribution in [0.2, 0.25) is 0 Å². The number of carbonyl (C=O) groups excluding carboxylic acids is 1. The zero-order valence-corrected chi connectivity index (χ0v) is 22.8. The topological polar surface area (TPSA) is 119 Å². The van der Waals surface area contributed by atoms with Crippen molar-refractivity contribution >= 4 is 28.8 Å². The summed E-state index contributed by atoms with van der Waals surface area (Å²) >= 11 is 0. The van der Waals surface area contributed by atoms with E-state index in [9.17, 15) is 4.79 Å². The average Bonchev–Trinajstić information content (AvgIpc) is 3.36. The van der Waals surface area contributed by atoms with Crippen LogP contribution in [0.5, 0.6) is 5.75 Å². The molecule has 0 aliphatic carbocycles. The van der Waals surface area contributed by atoms with Gasteiger partial charge in [-0.25, -0.2) is 15.0 Å². The normalized spacial score (nSPS) is 15.8. The van der Waals surface area contributed by atoms with Gasteiger partial charge >= 0.3 is 0 Å². The number of aryl methyl sites for hydroxylation is 1. The van der Waals surface area contributed by atoms with Crippen molar-refractivity contribution in [1.82, 2.24) is 29.6 Å². The monoisotopic (exact) mass is 540 g/mol. The second-order valence-corrected chi connectivity index (χ2v) is 10.2. The molecular weight excluding hydrogens is 508 g/mol. The van der Waals surface area contributed by atoms with Crippen LogP contribution in [0.25, 0.3) is 11.4 Å². The number of anilines is 4. The molecule has 206 valence electrons. The number of hydrogen-bond donors (Lipinski definition) is 2. The molecule has 11 heteroatoms. The highest BCUT2D eigenvalue weighted by Crippen LogP contribution is 2.38. The van der Waals surface area contributed by atoms with Crippen molar-refractivity contribution in [2.45, 2.75) is 31.9 Å². The molecule has 4 aromatic rings. The van der Waals surface area contributed by atoms with Gasteiger partial charge in [0.05, 0.1) is 41.8 Å². The lowest BCUT2D eigenvalue weighted by Gasteiger charge is -2.55. The molecule has 2 saturated heterocycles. The van der Waals surface area contributed by atoms with Gasteiger partial charge < -0.3 is 20.1 Å². The lowest BCUT2D eigenvalue weighted by molar-refractivity contribution is -0.223. The number of nitrogens with one attached hydrogen (secondary N) is 2. The van der Waals surface area contributed by atoms with Crippen LogP contribution in [0.15, 0.2) is 55.1 Å². The maximum absolute atomic E-state index is 12.8. The fourth-order valence-electron chi connectivity index (χ4n) is 5.18. The molecule has 2 N–H and O–H groups in total. The van der Waals surface area contributed by atoms with E-state index in [2.05, 4.69) is 41.7 Å². The minimum Gasteiger partial charge on any atom is -0.494 e. The number of ether oxygens (including phenoxy) is 2. The number of rotatable bonds is 10. The largest absolute Gasteiger partial charge is 0.494 e. The third kappa shape index (κ3) is 5.13. The summed E-state index contributed by atoms with van der Waals surface area (Å²) in [6, 6.07) is 11.5. The predicted molar refractivity (Wildman–Crippen MR) is 151 cm³/mol. The van der Waals surface area contributed by atoms with Gasteiger partial charge in [0.2, 0.25) is 0 Å². The van der Waals surface area contributed by atoms with E-state index in [1.807, 2.05) is 50.5 Å². The van der Waals surface area contributed by atoms with Crippen molar-refractivity contribution in [3.63, 3.8) is 0 Å². The van der Waals surface area contributed by atoms with E-state index in [4.69, 9.17) is 9.47 Å². The van der Waals surface area contributed by atoms with Crippen LogP contribution in [0.1, 0.15) is 35.7 Å². The summed E-state index contributed by atoms with van der Waals surface area (Å²) in [5, 5.41) is 11.1. The van der Waals surface area contributed by atoms with E-state index in [1.54, 1.807) is 24.3 Å². The van der Waals surface area contributed by atoms with Gasteiger partial charge in [0.25, 0.3) is 0 Å². The summed E-state index contributed by atoms with van der Waals surface area (Å²) < 4.78 is 13.1. The molecule has 6 rings (SSSR count). The Balaban J connectivity index is 1.21. The predicted octanol–water partition coefficient (Wildman–Crippen LogP) is 4.34. The Hall–Kier alpha value is -4.35. The average molecular weight is 541 g/mol.